The van der Waals surface area contributed by atoms with Crippen LogP contribution in [0, 0.1) is 6.92 Å². The first-order chi connectivity index (χ1) is 7.18. The van der Waals surface area contributed by atoms with Crippen LogP contribution in [0.25, 0.3) is 0 Å². The minimum absolute atomic E-state index is 0.399. The van der Waals surface area contributed by atoms with Gasteiger partial charge in [0, 0.05) is 21.8 Å². The van der Waals surface area contributed by atoms with Crippen LogP contribution in [-0.4, -0.2) is 5.54 Å². The number of nitrogens with one attached hydrogen (secondary N) is 1. The molecule has 0 spiro atoms. The standard InChI is InChI=1S/C13H21NS/c1-11-6-7-12(15-11)10-14-13(2)8-4-3-5-9-13/h6-7,14H,3-5,8-10H2,1-2H3. The van der Waals surface area contributed by atoms with Gasteiger partial charge in [0.2, 0.25) is 0 Å². The third kappa shape index (κ3) is 3.05. The highest BCUT2D eigenvalue weighted by Gasteiger charge is 2.25. The van der Waals surface area contributed by atoms with E-state index in [0.717, 1.165) is 6.54 Å². The molecular formula is C13H21NS. The lowest BCUT2D eigenvalue weighted by atomic mass is 9.83. The van der Waals surface area contributed by atoms with Crippen molar-refractivity contribution in [3.05, 3.63) is 21.9 Å². The van der Waals surface area contributed by atoms with Gasteiger partial charge in [-0.3, -0.25) is 0 Å². The van der Waals surface area contributed by atoms with Crippen LogP contribution in [-0.2, 0) is 6.54 Å². The highest BCUT2D eigenvalue weighted by molar-refractivity contribution is 7.11. The zero-order chi connectivity index (χ0) is 10.7. The molecule has 1 heterocycles. The fourth-order valence-corrected chi connectivity index (χ4v) is 3.22. The Balaban J connectivity index is 1.86. The number of aryl methyl sites for hydroxylation is 1. The van der Waals surface area contributed by atoms with Gasteiger partial charge in [-0.25, -0.2) is 0 Å². The fourth-order valence-electron chi connectivity index (χ4n) is 2.39. The average Bonchev–Trinajstić information content (AvgIpc) is 2.63. The topological polar surface area (TPSA) is 12.0 Å². The lowest BCUT2D eigenvalue weighted by molar-refractivity contribution is 0.253. The van der Waals surface area contributed by atoms with Crippen molar-refractivity contribution >= 4 is 11.3 Å². The molecule has 1 nitrogen and oxygen atoms in total. The number of hydrogen-bond acceptors (Lipinski definition) is 2. The molecule has 1 N–H and O–H groups in total. The summed E-state index contributed by atoms with van der Waals surface area (Å²) in [5.41, 5.74) is 0.399. The van der Waals surface area contributed by atoms with Crippen LogP contribution in [0.1, 0.15) is 48.8 Å². The Morgan fingerprint density at radius 1 is 1.27 bits per heavy atom. The SMILES string of the molecule is Cc1ccc(CNC2(C)CCCCC2)s1. The molecule has 0 bridgehead atoms. The number of hydrogen-bond donors (Lipinski definition) is 1. The Kier molecular flexibility index (Phi) is 3.47. The van der Waals surface area contributed by atoms with Crippen molar-refractivity contribution in [3.63, 3.8) is 0 Å². The molecule has 0 saturated heterocycles. The second-order valence-electron chi connectivity index (χ2n) is 4.99. The van der Waals surface area contributed by atoms with Gasteiger partial charge in [0.15, 0.2) is 0 Å². The summed E-state index contributed by atoms with van der Waals surface area (Å²) in [5.74, 6) is 0. The molecule has 1 aromatic rings. The highest BCUT2D eigenvalue weighted by atomic mass is 32.1. The van der Waals surface area contributed by atoms with Crippen molar-refractivity contribution in [2.24, 2.45) is 0 Å². The van der Waals surface area contributed by atoms with Crippen LogP contribution in [0.4, 0.5) is 0 Å². The Morgan fingerprint density at radius 2 is 2.00 bits per heavy atom. The average molecular weight is 223 g/mol. The molecule has 0 aromatic carbocycles. The predicted molar refractivity (Wildman–Crippen MR) is 67.4 cm³/mol. The smallest absolute Gasteiger partial charge is 0.0304 e. The molecule has 84 valence electrons. The molecule has 0 aliphatic heterocycles. The molecule has 0 unspecified atom stereocenters. The minimum Gasteiger partial charge on any atom is -0.307 e. The maximum absolute atomic E-state index is 3.74. The van der Waals surface area contributed by atoms with Crippen molar-refractivity contribution < 1.29 is 0 Å². The Morgan fingerprint density at radius 3 is 2.60 bits per heavy atom. The molecule has 2 rings (SSSR count). The maximum Gasteiger partial charge on any atom is 0.0304 e. The van der Waals surface area contributed by atoms with Crippen LogP contribution in [0.3, 0.4) is 0 Å². The first-order valence-electron chi connectivity index (χ1n) is 5.98. The molecule has 1 aliphatic carbocycles. The molecule has 0 atom stereocenters. The van der Waals surface area contributed by atoms with Crippen molar-refractivity contribution in [1.29, 1.82) is 0 Å². The van der Waals surface area contributed by atoms with Gasteiger partial charge in [-0.1, -0.05) is 19.3 Å². The summed E-state index contributed by atoms with van der Waals surface area (Å²) in [6, 6.07) is 4.46. The lowest BCUT2D eigenvalue weighted by Crippen LogP contribution is -2.43. The summed E-state index contributed by atoms with van der Waals surface area (Å²) in [6.07, 6.45) is 6.91. The third-order valence-electron chi connectivity index (χ3n) is 3.44. The molecule has 0 amide bonds. The Hall–Kier alpha value is -0.340. The van der Waals surface area contributed by atoms with E-state index in [4.69, 9.17) is 0 Å². The second-order valence-corrected chi connectivity index (χ2v) is 6.36. The third-order valence-corrected chi connectivity index (χ3v) is 4.44. The summed E-state index contributed by atoms with van der Waals surface area (Å²) in [6.45, 7) is 5.61. The Labute approximate surface area is 96.9 Å². The summed E-state index contributed by atoms with van der Waals surface area (Å²) >= 11 is 1.91. The van der Waals surface area contributed by atoms with Gasteiger partial charge >= 0.3 is 0 Å². The van der Waals surface area contributed by atoms with Gasteiger partial charge in [-0.05, 0) is 38.8 Å². The molecular weight excluding hydrogens is 202 g/mol. The normalized spacial score (nSPS) is 20.4. The summed E-state index contributed by atoms with van der Waals surface area (Å²) in [7, 11) is 0. The van der Waals surface area contributed by atoms with E-state index in [1.807, 2.05) is 11.3 Å². The van der Waals surface area contributed by atoms with Crippen molar-refractivity contribution in [2.45, 2.75) is 58.0 Å². The molecule has 1 aliphatic rings. The molecule has 2 heteroatoms. The van der Waals surface area contributed by atoms with E-state index in [1.54, 1.807) is 0 Å². The molecule has 1 fully saturated rings. The van der Waals surface area contributed by atoms with E-state index < -0.39 is 0 Å². The van der Waals surface area contributed by atoms with E-state index in [2.05, 4.69) is 31.3 Å². The van der Waals surface area contributed by atoms with E-state index in [1.165, 1.54) is 41.9 Å². The van der Waals surface area contributed by atoms with E-state index in [0.29, 0.717) is 5.54 Å². The van der Waals surface area contributed by atoms with Crippen LogP contribution in [0.15, 0.2) is 12.1 Å². The van der Waals surface area contributed by atoms with Crippen molar-refractivity contribution in [1.82, 2.24) is 5.32 Å². The van der Waals surface area contributed by atoms with Gasteiger partial charge in [-0.15, -0.1) is 11.3 Å². The predicted octanol–water partition coefficient (Wildman–Crippen LogP) is 3.87. The van der Waals surface area contributed by atoms with Crippen LogP contribution in [0.2, 0.25) is 0 Å². The minimum atomic E-state index is 0.399. The first kappa shape index (κ1) is 11.2. The molecule has 1 saturated carbocycles. The second kappa shape index (κ2) is 4.67. The van der Waals surface area contributed by atoms with Crippen LogP contribution < -0.4 is 5.32 Å². The number of rotatable bonds is 3. The zero-order valence-corrected chi connectivity index (χ0v) is 10.6. The maximum atomic E-state index is 3.74. The molecule has 15 heavy (non-hydrogen) atoms. The van der Waals surface area contributed by atoms with Crippen LogP contribution in [0.5, 0.6) is 0 Å². The van der Waals surface area contributed by atoms with E-state index in [-0.39, 0.29) is 0 Å². The van der Waals surface area contributed by atoms with Gasteiger partial charge in [-0.2, -0.15) is 0 Å². The largest absolute Gasteiger partial charge is 0.307 e. The van der Waals surface area contributed by atoms with E-state index >= 15 is 0 Å². The van der Waals surface area contributed by atoms with Crippen molar-refractivity contribution in [2.75, 3.05) is 0 Å². The molecule has 0 radical (unpaired) electrons. The van der Waals surface area contributed by atoms with Crippen LogP contribution >= 0.6 is 11.3 Å². The van der Waals surface area contributed by atoms with Gasteiger partial charge in [0.05, 0.1) is 0 Å². The quantitative estimate of drug-likeness (QED) is 0.820. The number of thiophene rings is 1. The fraction of sp³-hybridized carbons (Fsp3) is 0.692. The monoisotopic (exact) mass is 223 g/mol. The van der Waals surface area contributed by atoms with Crippen molar-refractivity contribution in [3.8, 4) is 0 Å². The summed E-state index contributed by atoms with van der Waals surface area (Å²) in [4.78, 5) is 2.89. The molecule has 1 aromatic heterocycles. The Bertz CT molecular complexity index is 310. The van der Waals surface area contributed by atoms with Gasteiger partial charge in [0.1, 0.15) is 0 Å². The van der Waals surface area contributed by atoms with E-state index in [9.17, 15) is 0 Å². The summed E-state index contributed by atoms with van der Waals surface area (Å²) < 4.78 is 0. The van der Waals surface area contributed by atoms with Gasteiger partial charge < -0.3 is 5.32 Å². The van der Waals surface area contributed by atoms with Gasteiger partial charge in [0.25, 0.3) is 0 Å². The highest BCUT2D eigenvalue weighted by Crippen LogP contribution is 2.28. The lowest BCUT2D eigenvalue weighted by Gasteiger charge is -2.34. The summed E-state index contributed by atoms with van der Waals surface area (Å²) in [5, 5.41) is 3.74. The zero-order valence-electron chi connectivity index (χ0n) is 9.81. The first-order valence-corrected chi connectivity index (χ1v) is 6.80.